The van der Waals surface area contributed by atoms with E-state index in [9.17, 15) is 9.59 Å². The minimum Gasteiger partial charge on any atom is -0.497 e. The molecule has 7 nitrogen and oxygen atoms in total. The molecule has 0 unspecified atom stereocenters. The van der Waals surface area contributed by atoms with Crippen LogP contribution in [0.3, 0.4) is 0 Å². The summed E-state index contributed by atoms with van der Waals surface area (Å²) in [5.74, 6) is 2.07. The molecule has 29 heavy (non-hydrogen) atoms. The van der Waals surface area contributed by atoms with E-state index in [2.05, 4.69) is 10.6 Å². The van der Waals surface area contributed by atoms with Crippen LogP contribution in [0.15, 0.2) is 41.0 Å². The first-order valence-electron chi connectivity index (χ1n) is 10.1. The van der Waals surface area contributed by atoms with E-state index < -0.39 is 5.72 Å². The highest BCUT2D eigenvalue weighted by molar-refractivity contribution is 5.98. The van der Waals surface area contributed by atoms with Gasteiger partial charge >= 0.3 is 0 Å². The Bertz CT molecular complexity index is 941. The lowest BCUT2D eigenvalue weighted by atomic mass is 9.60. The maximum atomic E-state index is 12.8. The van der Waals surface area contributed by atoms with Crippen LogP contribution in [-0.2, 0) is 11.3 Å². The van der Waals surface area contributed by atoms with E-state index in [1.165, 1.54) is 0 Å². The van der Waals surface area contributed by atoms with E-state index in [1.807, 2.05) is 12.1 Å². The summed E-state index contributed by atoms with van der Waals surface area (Å²) in [7, 11) is 1.59. The van der Waals surface area contributed by atoms with Crippen molar-refractivity contribution in [2.45, 2.75) is 38.0 Å². The predicted molar refractivity (Wildman–Crippen MR) is 103 cm³/mol. The number of ether oxygens (including phenoxy) is 2. The van der Waals surface area contributed by atoms with Gasteiger partial charge in [0.25, 0.3) is 5.91 Å². The van der Waals surface area contributed by atoms with E-state index in [1.54, 1.807) is 31.6 Å². The average molecular weight is 396 g/mol. The zero-order valence-electron chi connectivity index (χ0n) is 16.3. The zero-order valence-corrected chi connectivity index (χ0v) is 16.3. The second-order valence-corrected chi connectivity index (χ2v) is 8.19. The lowest BCUT2D eigenvalue weighted by molar-refractivity contribution is -0.146. The maximum absolute atomic E-state index is 12.8. The minimum atomic E-state index is -0.739. The molecule has 3 aliphatic carbocycles. The van der Waals surface area contributed by atoms with Crippen LogP contribution in [0.5, 0.6) is 11.5 Å². The Hall–Kier alpha value is -2.96. The number of carbonyl (C=O) groups excluding carboxylic acids is 2. The van der Waals surface area contributed by atoms with Crippen LogP contribution in [0.2, 0.25) is 0 Å². The molecule has 152 valence electrons. The van der Waals surface area contributed by atoms with Crippen molar-refractivity contribution in [1.29, 1.82) is 0 Å². The van der Waals surface area contributed by atoms with Gasteiger partial charge in [-0.05, 0) is 49.4 Å². The normalized spacial score (nSPS) is 29.7. The van der Waals surface area contributed by atoms with Gasteiger partial charge in [-0.3, -0.25) is 9.59 Å². The summed E-state index contributed by atoms with van der Waals surface area (Å²) in [6.45, 7) is 0.394. The molecule has 2 amide bonds. The molecule has 4 aliphatic rings. The maximum Gasteiger partial charge on any atom is 0.258 e. The van der Waals surface area contributed by atoms with Gasteiger partial charge in [0.1, 0.15) is 17.3 Å². The molecule has 1 aromatic carbocycles. The molecule has 6 rings (SSSR count). The van der Waals surface area contributed by atoms with E-state index in [-0.39, 0.29) is 29.6 Å². The van der Waals surface area contributed by atoms with Crippen LogP contribution in [0.4, 0.5) is 0 Å². The predicted octanol–water partition coefficient (Wildman–Crippen LogP) is 2.86. The number of amides is 2. The molecule has 2 heterocycles. The van der Waals surface area contributed by atoms with Crippen molar-refractivity contribution in [3.63, 3.8) is 0 Å². The number of furan rings is 1. The number of hydrogen-bond donors (Lipinski definition) is 2. The average Bonchev–Trinajstić information content (AvgIpc) is 3.25. The molecule has 4 atom stereocenters. The SMILES string of the molecule is COc1ccc2c(c1)O[C@]1(C[C@H]3CC[C@H]1C[C@H]3C(=O)NCc1ccco1)NC2=O. The molecule has 3 fully saturated rings. The Morgan fingerprint density at radius 1 is 1.34 bits per heavy atom. The third-order valence-electron chi connectivity index (χ3n) is 6.62. The van der Waals surface area contributed by atoms with Gasteiger partial charge in [0, 0.05) is 24.3 Å². The Labute approximate surface area is 168 Å². The van der Waals surface area contributed by atoms with Gasteiger partial charge in [-0.25, -0.2) is 0 Å². The summed E-state index contributed by atoms with van der Waals surface area (Å²) in [4.78, 5) is 25.6. The largest absolute Gasteiger partial charge is 0.497 e. The number of hydrogen-bond acceptors (Lipinski definition) is 5. The van der Waals surface area contributed by atoms with E-state index in [4.69, 9.17) is 13.9 Å². The third kappa shape index (κ3) is 3.05. The highest BCUT2D eigenvalue weighted by atomic mass is 16.5. The Morgan fingerprint density at radius 3 is 2.97 bits per heavy atom. The van der Waals surface area contributed by atoms with Crippen LogP contribution in [0.1, 0.15) is 41.8 Å². The highest BCUT2D eigenvalue weighted by Crippen LogP contribution is 2.52. The van der Waals surface area contributed by atoms with Gasteiger partial charge < -0.3 is 24.5 Å². The topological polar surface area (TPSA) is 89.8 Å². The number of nitrogens with one attached hydrogen (secondary N) is 2. The summed E-state index contributed by atoms with van der Waals surface area (Å²) in [6.07, 6.45) is 4.85. The van der Waals surface area contributed by atoms with Crippen molar-refractivity contribution in [3.8, 4) is 11.5 Å². The fourth-order valence-corrected chi connectivity index (χ4v) is 5.16. The molecule has 2 N–H and O–H groups in total. The Balaban J connectivity index is 1.33. The van der Waals surface area contributed by atoms with Crippen molar-refractivity contribution in [2.24, 2.45) is 17.8 Å². The number of methoxy groups -OCH3 is 1. The first-order valence-corrected chi connectivity index (χ1v) is 10.1. The molecular weight excluding hydrogens is 372 g/mol. The molecule has 2 aromatic rings. The molecular formula is C22H24N2O5. The summed E-state index contributed by atoms with van der Waals surface area (Å²) in [6, 6.07) is 8.91. The van der Waals surface area contributed by atoms with Gasteiger partial charge in [0.15, 0.2) is 5.72 Å². The van der Waals surface area contributed by atoms with Crippen LogP contribution in [-0.4, -0.2) is 24.6 Å². The summed E-state index contributed by atoms with van der Waals surface area (Å²) < 4.78 is 17.0. The van der Waals surface area contributed by atoms with Crippen LogP contribution >= 0.6 is 0 Å². The second-order valence-electron chi connectivity index (χ2n) is 8.19. The smallest absolute Gasteiger partial charge is 0.258 e. The number of carbonyl (C=O) groups is 2. The highest BCUT2D eigenvalue weighted by Gasteiger charge is 2.57. The molecule has 0 radical (unpaired) electrons. The third-order valence-corrected chi connectivity index (χ3v) is 6.62. The van der Waals surface area contributed by atoms with Crippen LogP contribution in [0, 0.1) is 17.8 Å². The lowest BCUT2D eigenvalue weighted by Gasteiger charge is -2.55. The molecule has 2 bridgehead atoms. The monoisotopic (exact) mass is 396 g/mol. The zero-order chi connectivity index (χ0) is 20.0. The number of fused-ring (bicyclic) bond motifs is 3. The fraction of sp³-hybridized carbons (Fsp3) is 0.455. The quantitative estimate of drug-likeness (QED) is 0.830. The van der Waals surface area contributed by atoms with Crippen molar-refractivity contribution >= 4 is 11.8 Å². The molecule has 1 aromatic heterocycles. The number of benzene rings is 1. The van der Waals surface area contributed by atoms with E-state index >= 15 is 0 Å². The summed E-state index contributed by atoms with van der Waals surface area (Å²) in [5.41, 5.74) is -0.220. The Morgan fingerprint density at radius 2 is 2.24 bits per heavy atom. The van der Waals surface area contributed by atoms with Gasteiger partial charge in [-0.15, -0.1) is 0 Å². The number of rotatable bonds is 4. The van der Waals surface area contributed by atoms with Gasteiger partial charge in [-0.2, -0.15) is 0 Å². The first-order chi connectivity index (χ1) is 14.1. The van der Waals surface area contributed by atoms with Crippen molar-refractivity contribution in [1.82, 2.24) is 10.6 Å². The summed E-state index contributed by atoms with van der Waals surface area (Å²) in [5, 5.41) is 6.12. The minimum absolute atomic E-state index is 0.0511. The van der Waals surface area contributed by atoms with Gasteiger partial charge in [0.05, 0.1) is 25.5 Å². The molecule has 3 saturated carbocycles. The standard InChI is InChI=1S/C22H24N2O5/c1-27-15-6-7-17-19(10-15)29-22(24-21(17)26)11-13-4-5-14(22)9-18(13)20(25)23-12-16-3-2-8-28-16/h2-3,6-8,10,13-14,18H,4-5,9,11-12H2,1H3,(H,23,25)(H,24,26)/t13-,14+,18-,22+/m1/s1. The van der Waals surface area contributed by atoms with Crippen LogP contribution in [0.25, 0.3) is 0 Å². The van der Waals surface area contributed by atoms with E-state index in [0.29, 0.717) is 36.4 Å². The molecule has 1 spiro atoms. The molecule has 1 aliphatic heterocycles. The van der Waals surface area contributed by atoms with Gasteiger partial charge in [0.2, 0.25) is 5.91 Å². The van der Waals surface area contributed by atoms with Crippen molar-refractivity contribution < 1.29 is 23.5 Å². The van der Waals surface area contributed by atoms with Crippen molar-refractivity contribution in [3.05, 3.63) is 47.9 Å². The second kappa shape index (κ2) is 6.83. The molecule has 7 heteroatoms. The van der Waals surface area contributed by atoms with Crippen LogP contribution < -0.4 is 20.1 Å². The lowest BCUT2D eigenvalue weighted by Crippen LogP contribution is -2.66. The fourth-order valence-electron chi connectivity index (χ4n) is 5.16. The molecule has 0 saturated heterocycles. The van der Waals surface area contributed by atoms with Crippen molar-refractivity contribution in [2.75, 3.05) is 7.11 Å². The van der Waals surface area contributed by atoms with Gasteiger partial charge in [-0.1, -0.05) is 0 Å². The first kappa shape index (κ1) is 18.1. The van der Waals surface area contributed by atoms with E-state index in [0.717, 1.165) is 18.6 Å². The Kier molecular flexibility index (Phi) is 4.26. The summed E-state index contributed by atoms with van der Waals surface area (Å²) >= 11 is 0.